The van der Waals surface area contributed by atoms with Gasteiger partial charge < -0.3 is 4.42 Å². The molecule has 0 bridgehead atoms. The Balaban J connectivity index is 1.65. The van der Waals surface area contributed by atoms with E-state index >= 15 is 0 Å². The van der Waals surface area contributed by atoms with Gasteiger partial charge in [0.25, 0.3) is 5.91 Å². The number of benzene rings is 1. The van der Waals surface area contributed by atoms with Crippen LogP contribution in [0.25, 0.3) is 0 Å². The molecule has 0 radical (unpaired) electrons. The third-order valence-corrected chi connectivity index (χ3v) is 3.94. The van der Waals surface area contributed by atoms with Gasteiger partial charge in [0.15, 0.2) is 0 Å². The fourth-order valence-electron chi connectivity index (χ4n) is 2.51. The maximum Gasteiger partial charge on any atom is 0.322 e. The molecule has 3 rings (SSSR count). The van der Waals surface area contributed by atoms with Gasteiger partial charge in [0.1, 0.15) is 5.69 Å². The number of aryl methyl sites for hydroxylation is 1. The summed E-state index contributed by atoms with van der Waals surface area (Å²) in [6, 6.07) is 10.0. The molecule has 0 fully saturated rings. The summed E-state index contributed by atoms with van der Waals surface area (Å²) >= 11 is 0. The number of carbonyl (C=O) groups is 1. The van der Waals surface area contributed by atoms with Gasteiger partial charge in [-0.2, -0.15) is 5.10 Å². The first-order valence-electron chi connectivity index (χ1n) is 8.31. The normalized spacial score (nSPS) is 11.0. The summed E-state index contributed by atoms with van der Waals surface area (Å²) in [4.78, 5) is 12.2. The predicted molar refractivity (Wildman–Crippen MR) is 93.5 cm³/mol. The van der Waals surface area contributed by atoms with Crippen molar-refractivity contribution in [2.75, 3.05) is 5.32 Å². The van der Waals surface area contributed by atoms with Gasteiger partial charge in [-0.3, -0.25) is 14.8 Å². The number of carbonyl (C=O) groups excluding carboxylic acids is 1. The van der Waals surface area contributed by atoms with E-state index in [1.165, 1.54) is 5.56 Å². The predicted octanol–water partition coefficient (Wildman–Crippen LogP) is 3.25. The lowest BCUT2D eigenvalue weighted by Gasteiger charge is -2.05. The number of nitrogens with zero attached hydrogens (tertiary/aromatic N) is 4. The average Bonchev–Trinajstić information content (AvgIpc) is 3.24. The Morgan fingerprint density at radius 2 is 1.96 bits per heavy atom. The molecule has 7 heteroatoms. The van der Waals surface area contributed by atoms with Crippen LogP contribution in [0.2, 0.25) is 0 Å². The molecule has 1 aromatic carbocycles. The van der Waals surface area contributed by atoms with Gasteiger partial charge in [-0.1, -0.05) is 43.2 Å². The van der Waals surface area contributed by atoms with Crippen molar-refractivity contribution in [2.45, 2.75) is 39.7 Å². The summed E-state index contributed by atoms with van der Waals surface area (Å²) in [5.41, 5.74) is 2.82. The van der Waals surface area contributed by atoms with Gasteiger partial charge in [-0.05, 0) is 30.0 Å². The minimum atomic E-state index is -0.323. The number of anilines is 1. The van der Waals surface area contributed by atoms with E-state index in [1.54, 1.807) is 16.9 Å². The molecular formula is C18H21N5O2. The van der Waals surface area contributed by atoms with E-state index in [9.17, 15) is 4.79 Å². The van der Waals surface area contributed by atoms with Crippen molar-refractivity contribution in [3.05, 3.63) is 59.2 Å². The van der Waals surface area contributed by atoms with Crippen molar-refractivity contribution in [3.8, 4) is 0 Å². The van der Waals surface area contributed by atoms with Gasteiger partial charge in [-0.15, -0.1) is 5.10 Å². The molecule has 0 spiro atoms. The quantitative estimate of drug-likeness (QED) is 0.745. The second kappa shape index (κ2) is 7.29. The van der Waals surface area contributed by atoms with Crippen molar-refractivity contribution in [1.29, 1.82) is 0 Å². The van der Waals surface area contributed by atoms with Crippen LogP contribution in [0.4, 0.5) is 6.01 Å². The van der Waals surface area contributed by atoms with Crippen molar-refractivity contribution in [1.82, 2.24) is 20.0 Å². The largest absolute Gasteiger partial charge is 0.407 e. The Kier molecular flexibility index (Phi) is 4.92. The van der Waals surface area contributed by atoms with Gasteiger partial charge in [0.2, 0.25) is 5.89 Å². The molecule has 0 aliphatic carbocycles. The first-order valence-corrected chi connectivity index (χ1v) is 8.31. The summed E-state index contributed by atoms with van der Waals surface area (Å²) in [6.07, 6.45) is 2.10. The molecule has 1 amide bonds. The molecular weight excluding hydrogens is 318 g/mol. The molecule has 7 nitrogen and oxygen atoms in total. The van der Waals surface area contributed by atoms with Crippen LogP contribution in [0.5, 0.6) is 0 Å². The van der Waals surface area contributed by atoms with Gasteiger partial charge in [-0.25, -0.2) is 0 Å². The fourth-order valence-corrected chi connectivity index (χ4v) is 2.51. The van der Waals surface area contributed by atoms with Crippen molar-refractivity contribution >= 4 is 11.9 Å². The maximum absolute atomic E-state index is 12.2. The second-order valence-corrected chi connectivity index (χ2v) is 6.06. The molecule has 25 heavy (non-hydrogen) atoms. The third kappa shape index (κ3) is 3.93. The lowest BCUT2D eigenvalue weighted by molar-refractivity contribution is 0.101. The number of rotatable bonds is 6. The smallest absolute Gasteiger partial charge is 0.322 e. The fraction of sp³-hybridized carbons (Fsp3) is 0.333. The first kappa shape index (κ1) is 16.9. The minimum Gasteiger partial charge on any atom is -0.407 e. The number of hydrogen-bond acceptors (Lipinski definition) is 5. The highest BCUT2D eigenvalue weighted by molar-refractivity contribution is 6.01. The Morgan fingerprint density at radius 3 is 2.64 bits per heavy atom. The Morgan fingerprint density at radius 1 is 1.20 bits per heavy atom. The van der Waals surface area contributed by atoms with Crippen LogP contribution >= 0.6 is 0 Å². The molecule has 130 valence electrons. The first-order chi connectivity index (χ1) is 12.1. The Labute approximate surface area is 146 Å². The Bertz CT molecular complexity index is 848. The van der Waals surface area contributed by atoms with E-state index in [0.717, 1.165) is 5.56 Å². The summed E-state index contributed by atoms with van der Waals surface area (Å²) in [5, 5.41) is 14.6. The zero-order chi connectivity index (χ0) is 17.8. The van der Waals surface area contributed by atoms with Crippen LogP contribution in [-0.2, 0) is 13.0 Å². The van der Waals surface area contributed by atoms with Crippen LogP contribution in [0.15, 0.2) is 40.9 Å². The van der Waals surface area contributed by atoms with E-state index in [2.05, 4.69) is 58.7 Å². The van der Waals surface area contributed by atoms with Crippen LogP contribution in [-0.4, -0.2) is 25.9 Å². The van der Waals surface area contributed by atoms with Gasteiger partial charge in [0, 0.05) is 12.7 Å². The monoisotopic (exact) mass is 339 g/mol. The van der Waals surface area contributed by atoms with E-state index in [4.69, 9.17) is 4.42 Å². The second-order valence-electron chi connectivity index (χ2n) is 6.06. The van der Waals surface area contributed by atoms with Crippen molar-refractivity contribution in [3.63, 3.8) is 0 Å². The Hall–Kier alpha value is -2.96. The standard InChI is InChI=1S/C18H21N5O2/c1-4-23-15(9-10-19-23)17(24)20-18-22-21-16(25-18)11-13-5-7-14(8-6-13)12(2)3/h5-10,12H,4,11H2,1-3H3,(H,20,22,24). The number of amides is 1. The maximum atomic E-state index is 12.2. The van der Waals surface area contributed by atoms with Crippen molar-refractivity contribution < 1.29 is 9.21 Å². The van der Waals surface area contributed by atoms with Crippen LogP contribution < -0.4 is 5.32 Å². The van der Waals surface area contributed by atoms with Gasteiger partial charge in [0.05, 0.1) is 6.42 Å². The molecule has 3 aromatic rings. The van der Waals surface area contributed by atoms with Crippen LogP contribution in [0, 0.1) is 0 Å². The van der Waals surface area contributed by atoms with E-state index in [0.29, 0.717) is 30.5 Å². The summed E-state index contributed by atoms with van der Waals surface area (Å²) in [6.45, 7) is 6.84. The molecule has 2 heterocycles. The summed E-state index contributed by atoms with van der Waals surface area (Å²) < 4.78 is 7.12. The molecule has 1 N–H and O–H groups in total. The molecule has 0 saturated heterocycles. The van der Waals surface area contributed by atoms with Gasteiger partial charge >= 0.3 is 6.01 Å². The molecule has 2 aromatic heterocycles. The highest BCUT2D eigenvalue weighted by atomic mass is 16.4. The summed E-state index contributed by atoms with van der Waals surface area (Å²) in [7, 11) is 0. The molecule has 0 aliphatic rings. The SMILES string of the molecule is CCn1nccc1C(=O)Nc1nnc(Cc2ccc(C(C)C)cc2)o1. The van der Waals surface area contributed by atoms with Crippen molar-refractivity contribution in [2.24, 2.45) is 0 Å². The topological polar surface area (TPSA) is 85.8 Å². The highest BCUT2D eigenvalue weighted by Gasteiger charge is 2.15. The summed E-state index contributed by atoms with van der Waals surface area (Å²) in [5.74, 6) is 0.628. The number of aromatic nitrogens is 4. The minimum absolute atomic E-state index is 0.0858. The molecule has 0 unspecified atom stereocenters. The molecule has 0 atom stereocenters. The zero-order valence-electron chi connectivity index (χ0n) is 14.6. The lowest BCUT2D eigenvalue weighted by atomic mass is 10.0. The number of hydrogen-bond donors (Lipinski definition) is 1. The van der Waals surface area contributed by atoms with Crippen LogP contribution in [0.1, 0.15) is 54.2 Å². The zero-order valence-corrected chi connectivity index (χ0v) is 14.6. The van der Waals surface area contributed by atoms with Crippen LogP contribution in [0.3, 0.4) is 0 Å². The van der Waals surface area contributed by atoms with E-state index in [1.807, 2.05) is 6.92 Å². The highest BCUT2D eigenvalue weighted by Crippen LogP contribution is 2.17. The molecule has 0 saturated carbocycles. The third-order valence-electron chi connectivity index (χ3n) is 3.94. The average molecular weight is 339 g/mol. The van der Waals surface area contributed by atoms with E-state index in [-0.39, 0.29) is 11.9 Å². The lowest BCUT2D eigenvalue weighted by Crippen LogP contribution is -2.17. The van der Waals surface area contributed by atoms with E-state index < -0.39 is 0 Å². The molecule has 0 aliphatic heterocycles. The number of nitrogens with one attached hydrogen (secondary N) is 1.